The van der Waals surface area contributed by atoms with Gasteiger partial charge in [-0.25, -0.2) is 14.0 Å². The standard InChI is InChI=1S/C16H13F4NO4/c1-24-14(22)9-6-21-7-10(15(23)25-2)13(9)8-3-4-12(17)11(5-8)16(18,19)20/h3-7,13,21H,1-2H3. The molecule has 0 saturated carbocycles. The van der Waals surface area contributed by atoms with Crippen LogP contribution in [0.2, 0.25) is 0 Å². The van der Waals surface area contributed by atoms with Crippen LogP contribution in [0.1, 0.15) is 17.0 Å². The highest BCUT2D eigenvalue weighted by Crippen LogP contribution is 2.38. The molecule has 0 fully saturated rings. The molecule has 1 aromatic carbocycles. The number of hydrogen-bond acceptors (Lipinski definition) is 5. The molecule has 0 aromatic heterocycles. The second-order valence-electron chi connectivity index (χ2n) is 5.02. The van der Waals surface area contributed by atoms with Crippen molar-refractivity contribution in [3.05, 3.63) is 58.7 Å². The SMILES string of the molecule is COC(=O)C1=CNC=C(C(=O)OC)C1c1ccc(F)c(C(F)(F)F)c1. The number of alkyl halides is 3. The van der Waals surface area contributed by atoms with E-state index >= 15 is 0 Å². The Morgan fingerprint density at radius 3 is 2.00 bits per heavy atom. The molecule has 0 bridgehead atoms. The maximum Gasteiger partial charge on any atom is 0.419 e. The molecule has 0 atom stereocenters. The highest BCUT2D eigenvalue weighted by molar-refractivity contribution is 5.98. The molecule has 2 rings (SSSR count). The van der Waals surface area contributed by atoms with E-state index in [0.29, 0.717) is 12.1 Å². The van der Waals surface area contributed by atoms with E-state index in [4.69, 9.17) is 0 Å². The number of rotatable bonds is 3. The Bertz CT molecular complexity index is 736. The van der Waals surface area contributed by atoms with Crippen LogP contribution in [0.4, 0.5) is 17.6 Å². The maximum atomic E-state index is 13.5. The van der Waals surface area contributed by atoms with Gasteiger partial charge < -0.3 is 14.8 Å². The van der Waals surface area contributed by atoms with Gasteiger partial charge in [-0.1, -0.05) is 6.07 Å². The van der Waals surface area contributed by atoms with Crippen molar-refractivity contribution >= 4 is 11.9 Å². The number of halogens is 4. The fourth-order valence-corrected chi connectivity index (χ4v) is 2.44. The Labute approximate surface area is 139 Å². The molecular formula is C16H13F4NO4. The van der Waals surface area contributed by atoms with Gasteiger partial charge in [0.15, 0.2) is 0 Å². The number of nitrogens with one attached hydrogen (secondary N) is 1. The van der Waals surface area contributed by atoms with Crippen LogP contribution in [-0.4, -0.2) is 26.2 Å². The first-order valence-corrected chi connectivity index (χ1v) is 6.90. The number of esters is 2. The molecule has 1 aliphatic heterocycles. The molecule has 0 amide bonds. The molecule has 9 heteroatoms. The monoisotopic (exact) mass is 359 g/mol. The van der Waals surface area contributed by atoms with Crippen molar-refractivity contribution in [2.75, 3.05) is 14.2 Å². The minimum atomic E-state index is -4.93. The van der Waals surface area contributed by atoms with Gasteiger partial charge in [0.2, 0.25) is 0 Å². The van der Waals surface area contributed by atoms with E-state index in [1.54, 1.807) is 0 Å². The highest BCUT2D eigenvalue weighted by Gasteiger charge is 2.38. The van der Waals surface area contributed by atoms with Gasteiger partial charge in [-0.05, 0) is 17.7 Å². The topological polar surface area (TPSA) is 64.6 Å². The van der Waals surface area contributed by atoms with E-state index in [1.807, 2.05) is 0 Å². The van der Waals surface area contributed by atoms with E-state index in [0.717, 1.165) is 20.3 Å². The number of carbonyl (C=O) groups is 2. The van der Waals surface area contributed by atoms with Crippen LogP contribution in [0, 0.1) is 5.82 Å². The summed E-state index contributed by atoms with van der Waals surface area (Å²) in [5.41, 5.74) is -1.85. The average Bonchev–Trinajstić information content (AvgIpc) is 2.59. The number of dihydropyridines is 1. The normalized spacial score (nSPS) is 15.0. The first-order valence-electron chi connectivity index (χ1n) is 6.90. The molecule has 0 unspecified atom stereocenters. The minimum absolute atomic E-state index is 0.108. The lowest BCUT2D eigenvalue weighted by atomic mass is 9.83. The molecule has 0 saturated heterocycles. The van der Waals surface area contributed by atoms with Gasteiger partial charge in [0, 0.05) is 12.4 Å². The molecule has 0 aliphatic carbocycles. The Hall–Kier alpha value is -2.84. The zero-order chi connectivity index (χ0) is 18.8. The second kappa shape index (κ2) is 6.96. The third kappa shape index (κ3) is 3.65. The van der Waals surface area contributed by atoms with Crippen LogP contribution in [0.15, 0.2) is 41.7 Å². The molecule has 5 nitrogen and oxygen atoms in total. The summed E-state index contributed by atoms with van der Waals surface area (Å²) in [6.07, 6.45) is -2.55. The minimum Gasteiger partial charge on any atom is -0.466 e. The number of benzene rings is 1. The van der Waals surface area contributed by atoms with Crippen molar-refractivity contribution in [2.45, 2.75) is 12.1 Å². The fraction of sp³-hybridized carbons (Fsp3) is 0.250. The van der Waals surface area contributed by atoms with Gasteiger partial charge in [0.25, 0.3) is 0 Å². The summed E-state index contributed by atoms with van der Waals surface area (Å²) in [7, 11) is 2.17. The van der Waals surface area contributed by atoms with E-state index < -0.39 is 35.4 Å². The van der Waals surface area contributed by atoms with Crippen molar-refractivity contribution in [3.63, 3.8) is 0 Å². The predicted octanol–water partition coefficient (Wildman–Crippen LogP) is 2.65. The summed E-state index contributed by atoms with van der Waals surface area (Å²) in [4.78, 5) is 23.9. The summed E-state index contributed by atoms with van der Waals surface area (Å²) in [5, 5.41) is 2.55. The predicted molar refractivity (Wildman–Crippen MR) is 77.5 cm³/mol. The van der Waals surface area contributed by atoms with Crippen LogP contribution in [0.3, 0.4) is 0 Å². The Morgan fingerprint density at radius 2 is 1.56 bits per heavy atom. The maximum absolute atomic E-state index is 13.5. The van der Waals surface area contributed by atoms with Crippen LogP contribution in [-0.2, 0) is 25.2 Å². The van der Waals surface area contributed by atoms with Gasteiger partial charge in [0.05, 0.1) is 36.8 Å². The van der Waals surface area contributed by atoms with Crippen LogP contribution in [0.25, 0.3) is 0 Å². The summed E-state index contributed by atoms with van der Waals surface area (Å²) in [5.74, 6) is -4.38. The van der Waals surface area contributed by atoms with E-state index in [-0.39, 0.29) is 16.7 Å². The molecule has 1 N–H and O–H groups in total. The molecular weight excluding hydrogens is 346 g/mol. The lowest BCUT2D eigenvalue weighted by Crippen LogP contribution is -2.26. The second-order valence-corrected chi connectivity index (χ2v) is 5.02. The van der Waals surface area contributed by atoms with Crippen molar-refractivity contribution in [3.8, 4) is 0 Å². The van der Waals surface area contributed by atoms with Gasteiger partial charge in [0.1, 0.15) is 5.82 Å². The van der Waals surface area contributed by atoms with E-state index in [1.165, 1.54) is 12.4 Å². The van der Waals surface area contributed by atoms with Gasteiger partial charge in [-0.2, -0.15) is 13.2 Å². The average molecular weight is 359 g/mol. The molecule has 1 heterocycles. The van der Waals surface area contributed by atoms with E-state index in [2.05, 4.69) is 14.8 Å². The quantitative estimate of drug-likeness (QED) is 0.664. The summed E-state index contributed by atoms with van der Waals surface area (Å²) in [6.45, 7) is 0. The highest BCUT2D eigenvalue weighted by atomic mass is 19.4. The van der Waals surface area contributed by atoms with Crippen LogP contribution >= 0.6 is 0 Å². The van der Waals surface area contributed by atoms with Crippen molar-refractivity contribution in [2.24, 2.45) is 0 Å². The van der Waals surface area contributed by atoms with Crippen LogP contribution in [0.5, 0.6) is 0 Å². The summed E-state index contributed by atoms with van der Waals surface area (Å²) < 4.78 is 61.7. The first kappa shape index (κ1) is 18.5. The van der Waals surface area contributed by atoms with Gasteiger partial charge in [-0.3, -0.25) is 0 Å². The summed E-state index contributed by atoms with van der Waals surface area (Å²) in [6, 6.07) is 2.25. The zero-order valence-corrected chi connectivity index (χ0v) is 13.1. The number of methoxy groups -OCH3 is 2. The van der Waals surface area contributed by atoms with Crippen molar-refractivity contribution in [1.82, 2.24) is 5.32 Å². The first-order chi connectivity index (χ1) is 11.7. The molecule has 1 aliphatic rings. The number of carbonyl (C=O) groups excluding carboxylic acids is 2. The van der Waals surface area contributed by atoms with Crippen LogP contribution < -0.4 is 5.32 Å². The smallest absolute Gasteiger partial charge is 0.419 e. The lowest BCUT2D eigenvalue weighted by molar-refractivity contribution is -0.140. The Balaban J connectivity index is 2.62. The zero-order valence-electron chi connectivity index (χ0n) is 13.1. The number of ether oxygens (including phenoxy) is 2. The molecule has 1 aromatic rings. The lowest BCUT2D eigenvalue weighted by Gasteiger charge is -2.25. The molecule has 25 heavy (non-hydrogen) atoms. The van der Waals surface area contributed by atoms with Gasteiger partial charge >= 0.3 is 18.1 Å². The largest absolute Gasteiger partial charge is 0.466 e. The van der Waals surface area contributed by atoms with E-state index in [9.17, 15) is 27.2 Å². The summed E-state index contributed by atoms with van der Waals surface area (Å²) >= 11 is 0. The molecule has 134 valence electrons. The third-order valence-corrected chi connectivity index (χ3v) is 3.57. The Kier molecular flexibility index (Phi) is 5.15. The van der Waals surface area contributed by atoms with Gasteiger partial charge in [-0.15, -0.1) is 0 Å². The van der Waals surface area contributed by atoms with Crippen molar-refractivity contribution in [1.29, 1.82) is 0 Å². The third-order valence-electron chi connectivity index (χ3n) is 3.57. The Morgan fingerprint density at radius 1 is 1.04 bits per heavy atom. The molecule has 0 spiro atoms. The van der Waals surface area contributed by atoms with Crippen molar-refractivity contribution < 1.29 is 36.6 Å². The fourth-order valence-electron chi connectivity index (χ4n) is 2.44. The molecule has 0 radical (unpaired) electrons. The number of hydrogen-bond donors (Lipinski definition) is 1.